The maximum atomic E-state index is 6.07. The smallest absolute Gasteiger partial charge is 0.194 e. The number of aliphatic imine (C=N–C) groups is 1. The summed E-state index contributed by atoms with van der Waals surface area (Å²) in [7, 11) is 1.68. The fourth-order valence-electron chi connectivity index (χ4n) is 3.24. The lowest BCUT2D eigenvalue weighted by atomic mass is 10.00. The minimum absolute atomic E-state index is 0.0839. The number of guanidine groups is 1. The van der Waals surface area contributed by atoms with Crippen LogP contribution in [0.3, 0.4) is 0 Å². The number of ether oxygens (including phenoxy) is 3. The first kappa shape index (κ1) is 21.7. The van der Waals surface area contributed by atoms with E-state index in [1.807, 2.05) is 0 Å². The van der Waals surface area contributed by atoms with Crippen molar-refractivity contribution in [3.05, 3.63) is 34.9 Å². The molecule has 1 aliphatic heterocycles. The summed E-state index contributed by atoms with van der Waals surface area (Å²) >= 11 is 0. The molecule has 1 heterocycles. The van der Waals surface area contributed by atoms with Crippen molar-refractivity contribution in [2.24, 2.45) is 4.99 Å². The molecular formula is C21H35N3O3. The summed E-state index contributed by atoms with van der Waals surface area (Å²) in [6, 6.07) is 6.58. The third kappa shape index (κ3) is 7.13. The fraction of sp³-hybridized carbons (Fsp3) is 0.667. The molecular weight excluding hydrogens is 342 g/mol. The van der Waals surface area contributed by atoms with Crippen LogP contribution in [0.1, 0.15) is 36.1 Å². The van der Waals surface area contributed by atoms with E-state index < -0.39 is 0 Å². The molecule has 0 aromatic heterocycles. The third-order valence-corrected chi connectivity index (χ3v) is 4.61. The average Bonchev–Trinajstić information content (AvgIpc) is 2.66. The predicted molar refractivity (Wildman–Crippen MR) is 109 cm³/mol. The molecule has 0 bridgehead atoms. The first-order chi connectivity index (χ1) is 13.2. The van der Waals surface area contributed by atoms with E-state index in [4.69, 9.17) is 19.2 Å². The lowest BCUT2D eigenvalue weighted by molar-refractivity contribution is -0.00835. The molecule has 1 unspecified atom stereocenters. The number of methoxy groups -OCH3 is 1. The highest BCUT2D eigenvalue weighted by Gasteiger charge is 2.25. The van der Waals surface area contributed by atoms with E-state index in [-0.39, 0.29) is 6.10 Å². The van der Waals surface area contributed by atoms with E-state index in [1.54, 1.807) is 7.11 Å². The van der Waals surface area contributed by atoms with E-state index in [9.17, 15) is 0 Å². The van der Waals surface area contributed by atoms with E-state index in [0.717, 1.165) is 38.6 Å². The largest absolute Gasteiger partial charge is 0.382 e. The number of benzene rings is 1. The van der Waals surface area contributed by atoms with Gasteiger partial charge in [0, 0.05) is 33.4 Å². The van der Waals surface area contributed by atoms with Gasteiger partial charge in [-0.3, -0.25) is 4.99 Å². The molecule has 0 amide bonds. The molecule has 6 heteroatoms. The minimum Gasteiger partial charge on any atom is -0.382 e. The third-order valence-electron chi connectivity index (χ3n) is 4.61. The Labute approximate surface area is 163 Å². The van der Waals surface area contributed by atoms with Gasteiger partial charge in [-0.1, -0.05) is 23.8 Å². The zero-order chi connectivity index (χ0) is 19.5. The first-order valence-corrected chi connectivity index (χ1v) is 9.94. The Bertz CT molecular complexity index is 592. The van der Waals surface area contributed by atoms with Gasteiger partial charge in [0.05, 0.1) is 26.4 Å². The zero-order valence-corrected chi connectivity index (χ0v) is 17.3. The molecule has 2 rings (SSSR count). The van der Waals surface area contributed by atoms with Crippen molar-refractivity contribution < 1.29 is 14.2 Å². The number of aryl methyl sites for hydroxylation is 2. The fourth-order valence-corrected chi connectivity index (χ4v) is 3.24. The molecule has 1 atom stereocenters. The molecule has 1 fully saturated rings. The summed E-state index contributed by atoms with van der Waals surface area (Å²) in [5.41, 5.74) is 3.84. The highest BCUT2D eigenvalue weighted by Crippen LogP contribution is 2.25. The number of hydrogen-bond acceptors (Lipinski definition) is 4. The molecule has 152 valence electrons. The summed E-state index contributed by atoms with van der Waals surface area (Å²) in [6.07, 6.45) is 0.990. The van der Waals surface area contributed by atoms with Gasteiger partial charge in [0.2, 0.25) is 0 Å². The van der Waals surface area contributed by atoms with Gasteiger partial charge in [-0.15, -0.1) is 0 Å². The Kier molecular flexibility index (Phi) is 9.59. The van der Waals surface area contributed by atoms with E-state index >= 15 is 0 Å². The summed E-state index contributed by atoms with van der Waals surface area (Å²) in [4.78, 5) is 7.09. The second-order valence-corrected chi connectivity index (χ2v) is 6.86. The minimum atomic E-state index is 0.0839. The van der Waals surface area contributed by atoms with E-state index in [2.05, 4.69) is 49.2 Å². The molecule has 0 radical (unpaired) electrons. The van der Waals surface area contributed by atoms with Crippen LogP contribution in [0.25, 0.3) is 0 Å². The number of nitrogens with one attached hydrogen (secondary N) is 1. The van der Waals surface area contributed by atoms with Crippen LogP contribution >= 0.6 is 0 Å². The monoisotopic (exact) mass is 377 g/mol. The van der Waals surface area contributed by atoms with Crippen molar-refractivity contribution in [3.8, 4) is 0 Å². The maximum Gasteiger partial charge on any atom is 0.194 e. The van der Waals surface area contributed by atoms with Crippen LogP contribution in [-0.2, 0) is 14.2 Å². The first-order valence-electron chi connectivity index (χ1n) is 9.94. The van der Waals surface area contributed by atoms with Gasteiger partial charge in [-0.05, 0) is 38.3 Å². The van der Waals surface area contributed by atoms with Gasteiger partial charge in [0.15, 0.2) is 5.96 Å². The van der Waals surface area contributed by atoms with Gasteiger partial charge < -0.3 is 24.4 Å². The summed E-state index contributed by atoms with van der Waals surface area (Å²) in [5.74, 6) is 0.965. The normalized spacial score (nSPS) is 18.0. The van der Waals surface area contributed by atoms with Crippen LogP contribution in [0.4, 0.5) is 0 Å². The summed E-state index contributed by atoms with van der Waals surface area (Å²) in [5, 5.41) is 3.42. The Morgan fingerprint density at radius 3 is 2.89 bits per heavy atom. The van der Waals surface area contributed by atoms with Crippen molar-refractivity contribution in [1.29, 1.82) is 0 Å². The topological polar surface area (TPSA) is 55.3 Å². The second-order valence-electron chi connectivity index (χ2n) is 6.86. The lowest BCUT2D eigenvalue weighted by Gasteiger charge is -2.36. The average molecular weight is 378 g/mol. The molecule has 0 spiro atoms. The van der Waals surface area contributed by atoms with E-state index in [1.165, 1.54) is 16.7 Å². The van der Waals surface area contributed by atoms with Crippen molar-refractivity contribution in [1.82, 2.24) is 10.2 Å². The molecule has 0 aliphatic carbocycles. The van der Waals surface area contributed by atoms with Crippen LogP contribution in [0.2, 0.25) is 0 Å². The van der Waals surface area contributed by atoms with Crippen molar-refractivity contribution in [3.63, 3.8) is 0 Å². The highest BCUT2D eigenvalue weighted by molar-refractivity contribution is 5.80. The van der Waals surface area contributed by atoms with Crippen molar-refractivity contribution in [2.75, 3.05) is 59.7 Å². The highest BCUT2D eigenvalue weighted by atomic mass is 16.5. The van der Waals surface area contributed by atoms with Crippen LogP contribution in [0.15, 0.2) is 23.2 Å². The van der Waals surface area contributed by atoms with Crippen molar-refractivity contribution >= 4 is 5.96 Å². The molecule has 1 N–H and O–H groups in total. The number of hydrogen-bond donors (Lipinski definition) is 1. The van der Waals surface area contributed by atoms with Gasteiger partial charge >= 0.3 is 0 Å². The molecule has 1 aliphatic rings. The van der Waals surface area contributed by atoms with Gasteiger partial charge in [-0.2, -0.15) is 0 Å². The van der Waals surface area contributed by atoms with E-state index in [0.29, 0.717) is 26.4 Å². The Morgan fingerprint density at radius 1 is 1.30 bits per heavy atom. The molecule has 1 aromatic rings. The van der Waals surface area contributed by atoms with Gasteiger partial charge in [0.1, 0.15) is 6.10 Å². The van der Waals surface area contributed by atoms with Crippen LogP contribution in [-0.4, -0.2) is 70.6 Å². The Hall–Kier alpha value is -1.63. The van der Waals surface area contributed by atoms with Crippen LogP contribution in [0, 0.1) is 13.8 Å². The molecule has 6 nitrogen and oxygen atoms in total. The number of morpholine rings is 1. The van der Waals surface area contributed by atoms with Crippen LogP contribution in [0.5, 0.6) is 0 Å². The Morgan fingerprint density at radius 2 is 2.15 bits per heavy atom. The Balaban J connectivity index is 1.92. The molecule has 1 aromatic carbocycles. The SMILES string of the molecule is CCNC(=NCCCOCCOC)N1CCOC(c2ccc(C)cc2C)C1. The summed E-state index contributed by atoms with van der Waals surface area (Å²) in [6.45, 7) is 12.4. The second kappa shape index (κ2) is 12.0. The predicted octanol–water partition coefficient (Wildman–Crippen LogP) is 2.70. The molecule has 27 heavy (non-hydrogen) atoms. The molecule has 0 saturated carbocycles. The zero-order valence-electron chi connectivity index (χ0n) is 17.3. The lowest BCUT2D eigenvalue weighted by Crippen LogP contribution is -2.48. The van der Waals surface area contributed by atoms with Gasteiger partial charge in [-0.25, -0.2) is 0 Å². The summed E-state index contributed by atoms with van der Waals surface area (Å²) < 4.78 is 16.6. The van der Waals surface area contributed by atoms with Crippen molar-refractivity contribution in [2.45, 2.75) is 33.3 Å². The van der Waals surface area contributed by atoms with Crippen LogP contribution < -0.4 is 5.32 Å². The standard InChI is InChI=1S/C21H35N3O3/c1-5-22-21(23-9-6-11-26-14-13-25-4)24-10-12-27-20(16-24)19-8-7-17(2)15-18(19)3/h7-8,15,20H,5-6,9-14,16H2,1-4H3,(H,22,23). The number of nitrogens with zero attached hydrogens (tertiary/aromatic N) is 2. The van der Waals surface area contributed by atoms with Gasteiger partial charge in [0.25, 0.3) is 0 Å². The number of rotatable bonds is 9. The molecule has 1 saturated heterocycles. The maximum absolute atomic E-state index is 6.07. The quantitative estimate of drug-likeness (QED) is 0.407.